The molecule has 1 aromatic heterocycles. The Morgan fingerprint density at radius 2 is 2.28 bits per heavy atom. The topological polar surface area (TPSA) is 45.2 Å². The number of aryl methyl sites for hydroxylation is 1. The Morgan fingerprint density at radius 3 is 3.06 bits per heavy atom. The molecule has 0 radical (unpaired) electrons. The van der Waals surface area contributed by atoms with Crippen LogP contribution in [0, 0.1) is 12.8 Å². The molecule has 1 aromatic rings. The Morgan fingerprint density at radius 1 is 1.39 bits per heavy atom. The maximum Gasteiger partial charge on any atom is 0.224 e. The van der Waals surface area contributed by atoms with Gasteiger partial charge in [-0.2, -0.15) is 0 Å². The molecule has 4 heterocycles. The zero-order valence-electron chi connectivity index (χ0n) is 10.7. The summed E-state index contributed by atoms with van der Waals surface area (Å²) in [4.78, 5) is 18.7. The standard InChI is InChI=1S/C14H19N3O/c1-10-3-2-4-12(15-10)8-17-7-11-5-6-13(9-17)16-14(11)18/h2-4,11,13H,5-9H2,1H3,(H,16,18)/t11-,13+/m0/s1. The summed E-state index contributed by atoms with van der Waals surface area (Å²) < 4.78 is 0. The number of aromatic nitrogens is 1. The van der Waals surface area contributed by atoms with E-state index < -0.39 is 0 Å². The number of pyridine rings is 1. The number of carbonyl (C=O) groups excluding carboxylic acids is 1. The van der Waals surface area contributed by atoms with Gasteiger partial charge in [0.1, 0.15) is 0 Å². The Kier molecular flexibility index (Phi) is 3.04. The lowest BCUT2D eigenvalue weighted by molar-refractivity contribution is -0.126. The lowest BCUT2D eigenvalue weighted by Crippen LogP contribution is -2.43. The predicted molar refractivity (Wildman–Crippen MR) is 68.9 cm³/mol. The van der Waals surface area contributed by atoms with Gasteiger partial charge in [0.05, 0.1) is 11.6 Å². The van der Waals surface area contributed by atoms with Gasteiger partial charge in [-0.3, -0.25) is 14.7 Å². The van der Waals surface area contributed by atoms with Crippen LogP contribution in [0.5, 0.6) is 0 Å². The van der Waals surface area contributed by atoms with Crippen LogP contribution < -0.4 is 5.32 Å². The minimum atomic E-state index is 0.175. The molecule has 4 nitrogen and oxygen atoms in total. The van der Waals surface area contributed by atoms with E-state index in [1.807, 2.05) is 19.1 Å². The zero-order valence-corrected chi connectivity index (χ0v) is 10.7. The van der Waals surface area contributed by atoms with Gasteiger partial charge in [0.25, 0.3) is 0 Å². The monoisotopic (exact) mass is 245 g/mol. The largest absolute Gasteiger partial charge is 0.352 e. The maximum absolute atomic E-state index is 11.8. The molecule has 18 heavy (non-hydrogen) atoms. The number of amides is 1. The highest BCUT2D eigenvalue weighted by Gasteiger charge is 2.34. The van der Waals surface area contributed by atoms with Gasteiger partial charge in [0.15, 0.2) is 0 Å². The summed E-state index contributed by atoms with van der Waals surface area (Å²) in [6, 6.07) is 6.46. The highest BCUT2D eigenvalue weighted by Crippen LogP contribution is 2.23. The first-order valence-electron chi connectivity index (χ1n) is 6.66. The van der Waals surface area contributed by atoms with Crippen LogP contribution in [0.3, 0.4) is 0 Å². The number of fused-ring (bicyclic) bond motifs is 4. The Bertz CT molecular complexity index is 460. The fraction of sp³-hybridized carbons (Fsp3) is 0.571. The van der Waals surface area contributed by atoms with Crippen LogP contribution in [0.25, 0.3) is 0 Å². The molecule has 3 aliphatic rings. The van der Waals surface area contributed by atoms with E-state index in [1.165, 1.54) is 0 Å². The predicted octanol–water partition coefficient (Wildman–Crippen LogP) is 1.10. The van der Waals surface area contributed by atoms with E-state index >= 15 is 0 Å². The molecule has 0 aliphatic carbocycles. The third-order valence-corrected chi connectivity index (χ3v) is 3.87. The van der Waals surface area contributed by atoms with Crippen LogP contribution in [-0.4, -0.2) is 34.9 Å². The smallest absolute Gasteiger partial charge is 0.224 e. The second-order valence-corrected chi connectivity index (χ2v) is 5.44. The molecule has 0 aromatic carbocycles. The minimum Gasteiger partial charge on any atom is -0.352 e. The number of nitrogens with one attached hydrogen (secondary N) is 1. The van der Waals surface area contributed by atoms with Gasteiger partial charge in [0, 0.05) is 31.4 Å². The molecule has 0 saturated carbocycles. The van der Waals surface area contributed by atoms with E-state index in [0.717, 1.165) is 43.9 Å². The summed E-state index contributed by atoms with van der Waals surface area (Å²) in [5.74, 6) is 0.416. The molecular formula is C14H19N3O. The van der Waals surface area contributed by atoms with E-state index in [1.54, 1.807) is 0 Å². The van der Waals surface area contributed by atoms with E-state index in [0.29, 0.717) is 6.04 Å². The fourth-order valence-corrected chi connectivity index (χ4v) is 2.98. The first-order valence-corrected chi connectivity index (χ1v) is 6.66. The molecule has 3 fully saturated rings. The van der Waals surface area contributed by atoms with Crippen LogP contribution >= 0.6 is 0 Å². The summed E-state index contributed by atoms with van der Waals surface area (Å²) in [5.41, 5.74) is 2.16. The first kappa shape index (κ1) is 11.7. The van der Waals surface area contributed by atoms with Crippen LogP contribution in [0.1, 0.15) is 24.2 Å². The van der Waals surface area contributed by atoms with Gasteiger partial charge < -0.3 is 5.32 Å². The lowest BCUT2D eigenvalue weighted by Gasteiger charge is -2.23. The molecule has 3 saturated heterocycles. The van der Waals surface area contributed by atoms with Crippen LogP contribution in [-0.2, 0) is 11.3 Å². The summed E-state index contributed by atoms with van der Waals surface area (Å²) in [5, 5.41) is 3.10. The van der Waals surface area contributed by atoms with Crippen molar-refractivity contribution in [2.75, 3.05) is 13.1 Å². The number of carbonyl (C=O) groups is 1. The quantitative estimate of drug-likeness (QED) is 0.848. The summed E-state index contributed by atoms with van der Waals surface area (Å²) >= 11 is 0. The van der Waals surface area contributed by atoms with Crippen molar-refractivity contribution in [3.05, 3.63) is 29.6 Å². The first-order chi connectivity index (χ1) is 8.70. The van der Waals surface area contributed by atoms with Gasteiger partial charge in [0.2, 0.25) is 5.91 Å². The summed E-state index contributed by atoms with van der Waals surface area (Å²) in [7, 11) is 0. The van der Waals surface area contributed by atoms with Crippen molar-refractivity contribution in [2.45, 2.75) is 32.4 Å². The van der Waals surface area contributed by atoms with Crippen molar-refractivity contribution in [3.8, 4) is 0 Å². The zero-order chi connectivity index (χ0) is 12.5. The Hall–Kier alpha value is -1.42. The van der Waals surface area contributed by atoms with E-state index in [4.69, 9.17) is 0 Å². The average Bonchev–Trinajstić information content (AvgIpc) is 2.59. The Labute approximate surface area is 107 Å². The van der Waals surface area contributed by atoms with Crippen molar-refractivity contribution in [1.82, 2.24) is 15.2 Å². The molecule has 1 N–H and O–H groups in total. The lowest BCUT2D eigenvalue weighted by atomic mass is 9.96. The number of hydrogen-bond donors (Lipinski definition) is 1. The molecule has 1 amide bonds. The molecule has 4 heteroatoms. The molecule has 3 aliphatic heterocycles. The molecular weight excluding hydrogens is 226 g/mol. The van der Waals surface area contributed by atoms with Gasteiger partial charge in [-0.1, -0.05) is 6.07 Å². The van der Waals surface area contributed by atoms with Crippen LogP contribution in [0.15, 0.2) is 18.2 Å². The van der Waals surface area contributed by atoms with Gasteiger partial charge in [-0.15, -0.1) is 0 Å². The second-order valence-electron chi connectivity index (χ2n) is 5.44. The third-order valence-electron chi connectivity index (χ3n) is 3.87. The van der Waals surface area contributed by atoms with E-state index in [9.17, 15) is 4.79 Å². The van der Waals surface area contributed by atoms with E-state index in [-0.39, 0.29) is 11.8 Å². The van der Waals surface area contributed by atoms with Crippen LogP contribution in [0.2, 0.25) is 0 Å². The van der Waals surface area contributed by atoms with Gasteiger partial charge in [-0.25, -0.2) is 0 Å². The van der Waals surface area contributed by atoms with Crippen molar-refractivity contribution in [1.29, 1.82) is 0 Å². The maximum atomic E-state index is 11.8. The van der Waals surface area contributed by atoms with Gasteiger partial charge in [-0.05, 0) is 31.9 Å². The molecule has 2 bridgehead atoms. The molecule has 0 spiro atoms. The second kappa shape index (κ2) is 4.69. The minimum absolute atomic E-state index is 0.175. The molecule has 96 valence electrons. The average molecular weight is 245 g/mol. The number of hydrogen-bond acceptors (Lipinski definition) is 3. The van der Waals surface area contributed by atoms with E-state index in [2.05, 4.69) is 21.3 Å². The van der Waals surface area contributed by atoms with Crippen LogP contribution in [0.4, 0.5) is 0 Å². The third kappa shape index (κ3) is 2.38. The number of rotatable bonds is 2. The van der Waals surface area contributed by atoms with Gasteiger partial charge >= 0.3 is 0 Å². The number of nitrogens with zero attached hydrogens (tertiary/aromatic N) is 2. The summed E-state index contributed by atoms with van der Waals surface area (Å²) in [6.45, 7) is 4.69. The highest BCUT2D eigenvalue weighted by atomic mass is 16.2. The normalized spacial score (nSPS) is 27.9. The van der Waals surface area contributed by atoms with Crippen molar-refractivity contribution >= 4 is 5.91 Å². The van der Waals surface area contributed by atoms with Crippen molar-refractivity contribution in [3.63, 3.8) is 0 Å². The SMILES string of the molecule is Cc1cccc(CN2C[C@H]3CC[C@@H](C2)C(=O)N3)n1. The molecule has 2 atom stereocenters. The summed E-state index contributed by atoms with van der Waals surface area (Å²) in [6.07, 6.45) is 2.16. The fourth-order valence-electron chi connectivity index (χ4n) is 2.98. The van der Waals surface area contributed by atoms with Crippen molar-refractivity contribution in [2.24, 2.45) is 5.92 Å². The molecule has 0 unspecified atom stereocenters. The Balaban J connectivity index is 1.72. The van der Waals surface area contributed by atoms with Crippen molar-refractivity contribution < 1.29 is 4.79 Å². The highest BCUT2D eigenvalue weighted by molar-refractivity contribution is 5.80. The number of piperidine rings is 1. The molecule has 4 rings (SSSR count).